The highest BCUT2D eigenvalue weighted by Gasteiger charge is 2.32. The van der Waals surface area contributed by atoms with Gasteiger partial charge in [0, 0.05) is 34.3 Å². The van der Waals surface area contributed by atoms with Gasteiger partial charge in [-0.3, -0.25) is 4.90 Å². The van der Waals surface area contributed by atoms with E-state index < -0.39 is 0 Å². The van der Waals surface area contributed by atoms with Gasteiger partial charge >= 0.3 is 0 Å². The van der Waals surface area contributed by atoms with Gasteiger partial charge < -0.3 is 4.74 Å². The van der Waals surface area contributed by atoms with Crippen LogP contribution in [0.15, 0.2) is 18.2 Å². The van der Waals surface area contributed by atoms with Gasteiger partial charge in [-0.25, -0.2) is 0 Å². The van der Waals surface area contributed by atoms with Gasteiger partial charge in [0.05, 0.1) is 12.7 Å². The fourth-order valence-electron chi connectivity index (χ4n) is 3.46. The standard InChI is InChI=1S/C17H23Cl2NOS/c18-14-4-3-5-15(19)13(14)8-10-21-17-7-2-1-6-16(17)20-9-11-22-12-20/h3-5,16-17H,1-2,6-12H2/t16-,17-/m1/s1. The van der Waals surface area contributed by atoms with Gasteiger partial charge in [0.2, 0.25) is 0 Å². The van der Waals surface area contributed by atoms with E-state index >= 15 is 0 Å². The molecule has 1 aromatic carbocycles. The van der Waals surface area contributed by atoms with Crippen LogP contribution >= 0.6 is 35.0 Å². The van der Waals surface area contributed by atoms with E-state index in [-0.39, 0.29) is 0 Å². The first-order valence-electron chi connectivity index (χ1n) is 8.12. The van der Waals surface area contributed by atoms with Crippen molar-refractivity contribution >= 4 is 35.0 Å². The summed E-state index contributed by atoms with van der Waals surface area (Å²) in [6.07, 6.45) is 6.24. The summed E-state index contributed by atoms with van der Waals surface area (Å²) in [7, 11) is 0. The van der Waals surface area contributed by atoms with Crippen molar-refractivity contribution in [1.82, 2.24) is 4.90 Å². The fraction of sp³-hybridized carbons (Fsp3) is 0.647. The van der Waals surface area contributed by atoms with Gasteiger partial charge in [-0.1, -0.05) is 42.1 Å². The molecule has 1 aliphatic heterocycles. The minimum atomic E-state index is 0.369. The van der Waals surface area contributed by atoms with Crippen molar-refractivity contribution in [2.45, 2.75) is 44.2 Å². The number of hydrogen-bond donors (Lipinski definition) is 0. The smallest absolute Gasteiger partial charge is 0.0730 e. The van der Waals surface area contributed by atoms with Gasteiger partial charge in [0.25, 0.3) is 0 Å². The lowest BCUT2D eigenvalue weighted by molar-refractivity contribution is -0.0270. The summed E-state index contributed by atoms with van der Waals surface area (Å²) in [4.78, 5) is 2.61. The van der Waals surface area contributed by atoms with Crippen LogP contribution in [0.4, 0.5) is 0 Å². The molecule has 1 saturated carbocycles. The van der Waals surface area contributed by atoms with Crippen LogP contribution in [-0.4, -0.2) is 41.8 Å². The summed E-state index contributed by atoms with van der Waals surface area (Å²) in [6.45, 7) is 1.91. The zero-order valence-corrected chi connectivity index (χ0v) is 15.1. The fourth-order valence-corrected chi connectivity index (χ4v) is 5.10. The summed E-state index contributed by atoms with van der Waals surface area (Å²) < 4.78 is 6.25. The molecule has 1 saturated heterocycles. The van der Waals surface area contributed by atoms with Crippen molar-refractivity contribution in [3.63, 3.8) is 0 Å². The molecule has 0 spiro atoms. The van der Waals surface area contributed by atoms with Crippen LogP contribution in [0.25, 0.3) is 0 Å². The molecule has 1 aromatic rings. The lowest BCUT2D eigenvalue weighted by Crippen LogP contribution is -2.45. The summed E-state index contributed by atoms with van der Waals surface area (Å²) >= 11 is 14.5. The molecule has 5 heteroatoms. The SMILES string of the molecule is Clc1cccc(Cl)c1CCO[C@@H]1CCCC[C@H]1N1CCSC1. The molecule has 2 fully saturated rings. The second-order valence-corrected chi connectivity index (χ2v) is 7.95. The van der Waals surface area contributed by atoms with Crippen LogP contribution < -0.4 is 0 Å². The summed E-state index contributed by atoms with van der Waals surface area (Å²) in [5, 5.41) is 1.49. The van der Waals surface area contributed by atoms with E-state index in [1.54, 1.807) is 0 Å². The van der Waals surface area contributed by atoms with Gasteiger partial charge in [-0.2, -0.15) is 0 Å². The maximum absolute atomic E-state index is 6.25. The lowest BCUT2D eigenvalue weighted by Gasteiger charge is -2.37. The van der Waals surface area contributed by atoms with Crippen LogP contribution in [0, 0.1) is 0 Å². The van der Waals surface area contributed by atoms with E-state index in [1.165, 1.54) is 43.9 Å². The number of ether oxygens (including phenoxy) is 1. The average Bonchev–Trinajstić information content (AvgIpc) is 3.05. The number of hydrogen-bond acceptors (Lipinski definition) is 3. The Morgan fingerprint density at radius 3 is 2.68 bits per heavy atom. The number of rotatable bonds is 5. The van der Waals surface area contributed by atoms with Gasteiger partial charge in [-0.05, 0) is 37.0 Å². The van der Waals surface area contributed by atoms with E-state index in [1.807, 2.05) is 30.0 Å². The zero-order chi connectivity index (χ0) is 15.4. The van der Waals surface area contributed by atoms with Gasteiger partial charge in [0.15, 0.2) is 0 Å². The van der Waals surface area contributed by atoms with Crippen LogP contribution in [0.5, 0.6) is 0 Å². The van der Waals surface area contributed by atoms with Crippen molar-refractivity contribution < 1.29 is 4.74 Å². The molecule has 0 amide bonds. The molecule has 3 rings (SSSR count). The Balaban J connectivity index is 1.55. The van der Waals surface area contributed by atoms with Crippen LogP contribution in [0.3, 0.4) is 0 Å². The van der Waals surface area contributed by atoms with E-state index in [2.05, 4.69) is 4.90 Å². The van der Waals surface area contributed by atoms with E-state index in [0.29, 0.717) is 18.8 Å². The van der Waals surface area contributed by atoms with Crippen LogP contribution in [0.1, 0.15) is 31.2 Å². The molecule has 0 aromatic heterocycles. The first-order valence-corrected chi connectivity index (χ1v) is 10.0. The third kappa shape index (κ3) is 4.12. The monoisotopic (exact) mass is 359 g/mol. The Hall–Kier alpha value is 0.0700. The minimum Gasteiger partial charge on any atom is -0.376 e. The van der Waals surface area contributed by atoms with Crippen molar-refractivity contribution in [1.29, 1.82) is 0 Å². The first kappa shape index (κ1) is 16.9. The second-order valence-electron chi connectivity index (χ2n) is 6.06. The highest BCUT2D eigenvalue weighted by molar-refractivity contribution is 7.99. The molecule has 122 valence electrons. The van der Waals surface area contributed by atoms with Crippen molar-refractivity contribution in [3.05, 3.63) is 33.8 Å². The maximum Gasteiger partial charge on any atom is 0.0730 e. The quantitative estimate of drug-likeness (QED) is 0.743. The van der Waals surface area contributed by atoms with Crippen molar-refractivity contribution in [2.75, 3.05) is 24.8 Å². The third-order valence-corrected chi connectivity index (χ3v) is 6.36. The number of nitrogens with zero attached hydrogens (tertiary/aromatic N) is 1. The number of halogens is 2. The molecule has 1 heterocycles. The largest absolute Gasteiger partial charge is 0.376 e. The molecule has 2 atom stereocenters. The molecular weight excluding hydrogens is 337 g/mol. The minimum absolute atomic E-state index is 0.369. The third-order valence-electron chi connectivity index (χ3n) is 4.66. The highest BCUT2D eigenvalue weighted by atomic mass is 35.5. The zero-order valence-electron chi connectivity index (χ0n) is 12.8. The molecular formula is C17H23Cl2NOS. The summed E-state index contributed by atoms with van der Waals surface area (Å²) in [6, 6.07) is 6.28. The van der Waals surface area contributed by atoms with E-state index in [9.17, 15) is 0 Å². The predicted octanol–water partition coefficient (Wildman–Crippen LogP) is 4.87. The predicted molar refractivity (Wildman–Crippen MR) is 96.2 cm³/mol. The summed E-state index contributed by atoms with van der Waals surface area (Å²) in [5.74, 6) is 2.43. The van der Waals surface area contributed by atoms with Crippen LogP contribution in [0.2, 0.25) is 10.0 Å². The van der Waals surface area contributed by atoms with Crippen molar-refractivity contribution in [2.24, 2.45) is 0 Å². The highest BCUT2D eigenvalue weighted by Crippen LogP contribution is 2.30. The Bertz CT molecular complexity index is 473. The Labute approximate surface area is 147 Å². The lowest BCUT2D eigenvalue weighted by atomic mass is 9.91. The van der Waals surface area contributed by atoms with Crippen LogP contribution in [-0.2, 0) is 11.2 Å². The molecule has 0 radical (unpaired) electrons. The van der Waals surface area contributed by atoms with Crippen molar-refractivity contribution in [3.8, 4) is 0 Å². The molecule has 0 N–H and O–H groups in total. The second kappa shape index (κ2) is 8.25. The Morgan fingerprint density at radius 2 is 1.95 bits per heavy atom. The Kier molecular flexibility index (Phi) is 6.34. The molecule has 0 bridgehead atoms. The first-order chi connectivity index (χ1) is 10.8. The van der Waals surface area contributed by atoms with E-state index in [4.69, 9.17) is 27.9 Å². The number of thioether (sulfide) groups is 1. The average molecular weight is 360 g/mol. The van der Waals surface area contributed by atoms with E-state index in [0.717, 1.165) is 22.0 Å². The Morgan fingerprint density at radius 1 is 1.18 bits per heavy atom. The molecule has 2 aliphatic rings. The molecule has 1 aliphatic carbocycles. The van der Waals surface area contributed by atoms with Gasteiger partial charge in [0.1, 0.15) is 0 Å². The topological polar surface area (TPSA) is 12.5 Å². The molecule has 0 unspecified atom stereocenters. The normalized spacial score (nSPS) is 26.5. The molecule has 22 heavy (non-hydrogen) atoms. The summed E-state index contributed by atoms with van der Waals surface area (Å²) in [5.41, 5.74) is 1.01. The number of benzene rings is 1. The molecule has 2 nitrogen and oxygen atoms in total. The van der Waals surface area contributed by atoms with Gasteiger partial charge in [-0.15, -0.1) is 11.8 Å². The maximum atomic E-state index is 6.25.